The molecule has 1 aliphatic heterocycles. The van der Waals surface area contributed by atoms with E-state index in [1.54, 1.807) is 0 Å². The van der Waals surface area contributed by atoms with Crippen LogP contribution in [0, 0.1) is 11.8 Å². The molecule has 0 aromatic heterocycles. The zero-order valence-corrected chi connectivity index (χ0v) is 11.6. The van der Waals surface area contributed by atoms with E-state index < -0.39 is 0 Å². The topological polar surface area (TPSA) is 6.48 Å². The second-order valence-electron chi connectivity index (χ2n) is 6.28. The molecular weight excluding hydrogens is 208 g/mol. The Hall–Kier alpha value is -0.600. The summed E-state index contributed by atoms with van der Waals surface area (Å²) in [6.45, 7) is 11.7. The molecule has 2 rings (SSSR count). The van der Waals surface area contributed by atoms with Gasteiger partial charge in [-0.3, -0.25) is 4.90 Å². The number of allylic oxidation sites excluding steroid dienone is 2. The van der Waals surface area contributed by atoms with Crippen molar-refractivity contribution >= 4 is 0 Å². The highest BCUT2D eigenvalue weighted by Gasteiger charge is 2.43. The molecule has 0 bridgehead atoms. The predicted octanol–water partition coefficient (Wildman–Crippen LogP) is 2.35. The largest absolute Gasteiger partial charge is 0.304 e. The number of piperazine rings is 1. The molecule has 2 heteroatoms. The van der Waals surface area contributed by atoms with Crippen molar-refractivity contribution < 1.29 is 0 Å². The van der Waals surface area contributed by atoms with Crippen LogP contribution in [0.2, 0.25) is 0 Å². The predicted molar refractivity (Wildman–Crippen MR) is 73.8 cm³/mol. The van der Waals surface area contributed by atoms with Gasteiger partial charge < -0.3 is 4.90 Å². The normalized spacial score (nSPS) is 26.4. The van der Waals surface area contributed by atoms with E-state index in [-0.39, 0.29) is 11.0 Å². The molecule has 0 spiro atoms. The van der Waals surface area contributed by atoms with Crippen LogP contribution in [0.5, 0.6) is 0 Å². The van der Waals surface area contributed by atoms with E-state index >= 15 is 0 Å². The first-order valence-corrected chi connectivity index (χ1v) is 6.60. The van der Waals surface area contributed by atoms with Crippen LogP contribution in [0.3, 0.4) is 0 Å². The number of nitrogens with zero attached hydrogens (tertiary/aromatic N) is 2. The molecule has 0 aromatic rings. The van der Waals surface area contributed by atoms with Crippen molar-refractivity contribution in [2.45, 2.75) is 26.3 Å². The average molecular weight is 233 g/mol. The number of rotatable bonds is 1. The van der Waals surface area contributed by atoms with E-state index in [4.69, 9.17) is 0 Å². The molecule has 95 valence electrons. The number of hydrogen-bond donors (Lipinski definition) is 0. The molecular formula is C15H25N2. The Balaban J connectivity index is 2.25. The van der Waals surface area contributed by atoms with Crippen LogP contribution >= 0.6 is 0 Å². The van der Waals surface area contributed by atoms with Crippen molar-refractivity contribution in [2.75, 3.05) is 33.2 Å². The molecule has 0 aromatic carbocycles. The Labute approximate surface area is 106 Å². The molecule has 0 N–H and O–H groups in total. The van der Waals surface area contributed by atoms with E-state index in [0.717, 1.165) is 13.1 Å². The van der Waals surface area contributed by atoms with E-state index in [9.17, 15) is 0 Å². The SMILES string of the molecule is CN1CCN(C2(C(C)(C)C)C=C[CH]C=C2)CC1. The minimum absolute atomic E-state index is 0.0863. The van der Waals surface area contributed by atoms with Crippen LogP contribution in [-0.2, 0) is 0 Å². The first kappa shape index (κ1) is 12.8. The highest BCUT2D eigenvalue weighted by Crippen LogP contribution is 2.40. The smallest absolute Gasteiger partial charge is 0.0625 e. The standard InChI is InChI=1S/C15H25N2/c1-14(2,3)15(8-6-5-7-9-15)17-12-10-16(4)11-13-17/h5-9H,10-13H2,1-4H3. The highest BCUT2D eigenvalue weighted by atomic mass is 15.3. The fourth-order valence-electron chi connectivity index (χ4n) is 2.89. The van der Waals surface area contributed by atoms with Gasteiger partial charge in [0, 0.05) is 32.6 Å². The van der Waals surface area contributed by atoms with Gasteiger partial charge in [-0.25, -0.2) is 0 Å². The van der Waals surface area contributed by atoms with Crippen LogP contribution < -0.4 is 0 Å². The summed E-state index contributed by atoms with van der Waals surface area (Å²) in [4.78, 5) is 5.04. The second-order valence-corrected chi connectivity index (χ2v) is 6.28. The molecule has 1 heterocycles. The quantitative estimate of drug-likeness (QED) is 0.686. The summed E-state index contributed by atoms with van der Waals surface area (Å²) >= 11 is 0. The van der Waals surface area contributed by atoms with Gasteiger partial charge in [0.15, 0.2) is 0 Å². The molecule has 0 amide bonds. The van der Waals surface area contributed by atoms with Gasteiger partial charge in [0.05, 0.1) is 5.54 Å². The maximum atomic E-state index is 2.63. The minimum Gasteiger partial charge on any atom is -0.304 e. The lowest BCUT2D eigenvalue weighted by atomic mass is 9.70. The Morgan fingerprint density at radius 1 is 0.941 bits per heavy atom. The Morgan fingerprint density at radius 3 is 1.94 bits per heavy atom. The maximum Gasteiger partial charge on any atom is 0.0625 e. The van der Waals surface area contributed by atoms with Gasteiger partial charge >= 0.3 is 0 Å². The molecule has 1 fully saturated rings. The molecule has 2 nitrogen and oxygen atoms in total. The van der Waals surface area contributed by atoms with Crippen molar-refractivity contribution in [1.29, 1.82) is 0 Å². The summed E-state index contributed by atoms with van der Waals surface area (Å²) < 4.78 is 0. The zero-order chi connectivity index (χ0) is 12.5. The van der Waals surface area contributed by atoms with Crippen LogP contribution in [0.25, 0.3) is 0 Å². The van der Waals surface area contributed by atoms with Gasteiger partial charge in [-0.05, 0) is 12.5 Å². The third-order valence-corrected chi connectivity index (χ3v) is 4.15. The monoisotopic (exact) mass is 233 g/mol. The summed E-state index contributed by atoms with van der Waals surface area (Å²) in [6, 6.07) is 0. The van der Waals surface area contributed by atoms with Gasteiger partial charge in [-0.1, -0.05) is 45.1 Å². The van der Waals surface area contributed by atoms with E-state index in [1.807, 2.05) is 0 Å². The molecule has 2 aliphatic rings. The molecule has 0 saturated carbocycles. The lowest BCUT2D eigenvalue weighted by Gasteiger charge is -2.52. The number of likely N-dealkylation sites (N-methyl/N-ethyl adjacent to an activating group) is 1. The summed E-state index contributed by atoms with van der Waals surface area (Å²) in [6.07, 6.45) is 11.3. The Morgan fingerprint density at radius 2 is 1.47 bits per heavy atom. The summed E-state index contributed by atoms with van der Waals surface area (Å²) in [5.74, 6) is 0. The minimum atomic E-state index is 0.0863. The third kappa shape index (κ3) is 2.34. The van der Waals surface area contributed by atoms with Gasteiger partial charge in [-0.15, -0.1) is 0 Å². The van der Waals surface area contributed by atoms with Crippen molar-refractivity contribution in [2.24, 2.45) is 5.41 Å². The van der Waals surface area contributed by atoms with Gasteiger partial charge in [-0.2, -0.15) is 0 Å². The summed E-state index contributed by atoms with van der Waals surface area (Å²) in [5, 5.41) is 0. The molecule has 0 atom stereocenters. The fourth-order valence-corrected chi connectivity index (χ4v) is 2.89. The number of hydrogen-bond acceptors (Lipinski definition) is 2. The average Bonchev–Trinajstić information content (AvgIpc) is 2.29. The highest BCUT2D eigenvalue weighted by molar-refractivity contribution is 5.33. The fraction of sp³-hybridized carbons (Fsp3) is 0.667. The van der Waals surface area contributed by atoms with Gasteiger partial charge in [0.25, 0.3) is 0 Å². The summed E-state index contributed by atoms with van der Waals surface area (Å²) in [7, 11) is 2.21. The van der Waals surface area contributed by atoms with Gasteiger partial charge in [0.2, 0.25) is 0 Å². The third-order valence-electron chi connectivity index (χ3n) is 4.15. The van der Waals surface area contributed by atoms with Crippen molar-refractivity contribution in [3.63, 3.8) is 0 Å². The van der Waals surface area contributed by atoms with Crippen molar-refractivity contribution in [3.8, 4) is 0 Å². The molecule has 1 saturated heterocycles. The second kappa shape index (κ2) is 4.58. The van der Waals surface area contributed by atoms with Crippen molar-refractivity contribution in [1.82, 2.24) is 9.80 Å². The van der Waals surface area contributed by atoms with Crippen LogP contribution in [0.4, 0.5) is 0 Å². The Kier molecular flexibility index (Phi) is 3.46. The van der Waals surface area contributed by atoms with Crippen molar-refractivity contribution in [3.05, 3.63) is 30.7 Å². The summed E-state index contributed by atoms with van der Waals surface area (Å²) in [5.41, 5.74) is 0.313. The zero-order valence-electron chi connectivity index (χ0n) is 11.6. The van der Waals surface area contributed by atoms with Crippen LogP contribution in [-0.4, -0.2) is 48.6 Å². The van der Waals surface area contributed by atoms with E-state index in [0.29, 0.717) is 0 Å². The molecule has 17 heavy (non-hydrogen) atoms. The Bertz CT molecular complexity index is 302. The molecule has 0 unspecified atom stereocenters. The first-order chi connectivity index (χ1) is 7.96. The van der Waals surface area contributed by atoms with Crippen LogP contribution in [0.15, 0.2) is 24.3 Å². The van der Waals surface area contributed by atoms with E-state index in [1.165, 1.54) is 13.1 Å². The molecule has 1 aliphatic carbocycles. The first-order valence-electron chi connectivity index (χ1n) is 6.60. The van der Waals surface area contributed by atoms with E-state index in [2.05, 4.69) is 68.3 Å². The maximum absolute atomic E-state index is 2.63. The lowest BCUT2D eigenvalue weighted by Crippen LogP contribution is -2.60. The lowest BCUT2D eigenvalue weighted by molar-refractivity contribution is 0.0313. The van der Waals surface area contributed by atoms with Crippen LogP contribution in [0.1, 0.15) is 20.8 Å². The molecule has 1 radical (unpaired) electrons. The van der Waals surface area contributed by atoms with Gasteiger partial charge in [0.1, 0.15) is 0 Å².